The van der Waals surface area contributed by atoms with Crippen molar-refractivity contribution in [1.82, 2.24) is 0 Å². The fourth-order valence-electron chi connectivity index (χ4n) is 1.53. The molecule has 0 N–H and O–H groups in total. The van der Waals surface area contributed by atoms with Crippen LogP contribution >= 0.6 is 23.5 Å². The van der Waals surface area contributed by atoms with E-state index in [1.54, 1.807) is 35.7 Å². The van der Waals surface area contributed by atoms with Crippen molar-refractivity contribution in [3.63, 3.8) is 0 Å². The van der Waals surface area contributed by atoms with Crippen molar-refractivity contribution in [3.8, 4) is 0 Å². The number of nitrogens with zero attached hydrogens (tertiary/aromatic N) is 1. The van der Waals surface area contributed by atoms with E-state index in [2.05, 4.69) is 4.99 Å². The third-order valence-electron chi connectivity index (χ3n) is 2.44. The van der Waals surface area contributed by atoms with Crippen LogP contribution in [0.1, 0.15) is 17.7 Å². The molecule has 1 aliphatic heterocycles. The molecule has 7 heteroatoms. The van der Waals surface area contributed by atoms with Gasteiger partial charge < -0.3 is 0 Å². The minimum atomic E-state index is -4.63. The minimum Gasteiger partial charge on any atom is -0.271 e. The summed E-state index contributed by atoms with van der Waals surface area (Å²) in [5, 5.41) is 0.0519. The monoisotopic (exact) mass is 305 g/mol. The van der Waals surface area contributed by atoms with Crippen molar-refractivity contribution in [2.45, 2.75) is 17.1 Å². The first-order valence-corrected chi connectivity index (χ1v) is 8.60. The Morgan fingerprint density at radius 2 is 2.28 bits per heavy atom. The molecule has 18 heavy (non-hydrogen) atoms. The van der Waals surface area contributed by atoms with E-state index < -0.39 is 10.2 Å². The van der Waals surface area contributed by atoms with E-state index in [0.29, 0.717) is 0 Å². The molecular weight excluding hydrogens is 293 g/mol. The second kappa shape index (κ2) is 5.63. The largest absolute Gasteiger partial charge is 0.332 e. The van der Waals surface area contributed by atoms with Gasteiger partial charge in [-0.2, -0.15) is 8.42 Å². The molecule has 0 amide bonds. The van der Waals surface area contributed by atoms with Crippen LogP contribution < -0.4 is 0 Å². The van der Waals surface area contributed by atoms with E-state index in [1.807, 2.05) is 6.92 Å². The lowest BCUT2D eigenvalue weighted by atomic mass is 10.2. The quantitative estimate of drug-likeness (QED) is 0.804. The average Bonchev–Trinajstić information content (AvgIpc) is 2.81. The van der Waals surface area contributed by atoms with Gasteiger partial charge in [-0.15, -0.1) is 3.89 Å². The van der Waals surface area contributed by atoms with Gasteiger partial charge in [0, 0.05) is 11.0 Å². The minimum absolute atomic E-state index is 0.0519. The summed E-state index contributed by atoms with van der Waals surface area (Å²) in [6.07, 6.45) is 0. The van der Waals surface area contributed by atoms with Crippen molar-refractivity contribution in [1.29, 1.82) is 0 Å². The standard InChI is InChI=1S/C11H12FNO2S3/c1-8(17-11-13-5-6-16-11)9-3-2-4-10(7-9)18(12,14)15/h2-4,7-8H,5-6H2,1H3. The Balaban J connectivity index is 2.17. The maximum Gasteiger partial charge on any atom is 0.332 e. The molecule has 1 heterocycles. The van der Waals surface area contributed by atoms with Crippen LogP contribution in [0.15, 0.2) is 34.2 Å². The molecule has 0 fully saturated rings. The second-order valence-corrected chi connectivity index (χ2v) is 7.79. The maximum absolute atomic E-state index is 12.9. The molecule has 3 nitrogen and oxygen atoms in total. The number of thioether (sulfide) groups is 2. The SMILES string of the molecule is CC(SC1=NCCS1)c1cccc(S(=O)(=O)F)c1. The first-order valence-electron chi connectivity index (χ1n) is 5.35. The molecule has 0 radical (unpaired) electrons. The van der Waals surface area contributed by atoms with Gasteiger partial charge in [0.25, 0.3) is 0 Å². The lowest BCUT2D eigenvalue weighted by molar-refractivity contribution is 0.552. The molecule has 1 aromatic rings. The van der Waals surface area contributed by atoms with E-state index in [9.17, 15) is 12.3 Å². The molecule has 0 aromatic heterocycles. The summed E-state index contributed by atoms with van der Waals surface area (Å²) in [6, 6.07) is 6.00. The number of aliphatic imine (C=N–C) groups is 1. The lowest BCUT2D eigenvalue weighted by Gasteiger charge is -2.11. The van der Waals surface area contributed by atoms with Crippen molar-refractivity contribution in [2.24, 2.45) is 4.99 Å². The summed E-state index contributed by atoms with van der Waals surface area (Å²) in [5.41, 5.74) is 0.786. The van der Waals surface area contributed by atoms with E-state index in [0.717, 1.165) is 22.2 Å². The van der Waals surface area contributed by atoms with Crippen LogP contribution in [-0.4, -0.2) is 25.1 Å². The highest BCUT2D eigenvalue weighted by molar-refractivity contribution is 8.39. The average molecular weight is 305 g/mol. The van der Waals surface area contributed by atoms with Crippen LogP contribution in [-0.2, 0) is 10.2 Å². The molecule has 1 unspecified atom stereocenters. The Hall–Kier alpha value is -0.530. The van der Waals surface area contributed by atoms with E-state index in [1.165, 1.54) is 12.1 Å². The summed E-state index contributed by atoms with van der Waals surface area (Å²) >= 11 is 3.27. The highest BCUT2D eigenvalue weighted by Crippen LogP contribution is 2.35. The third-order valence-corrected chi connectivity index (χ3v) is 5.62. The molecule has 0 spiro atoms. The molecule has 0 bridgehead atoms. The molecule has 1 aromatic carbocycles. The summed E-state index contributed by atoms with van der Waals surface area (Å²) in [7, 11) is -4.63. The van der Waals surface area contributed by atoms with Gasteiger partial charge in [0.05, 0.1) is 11.4 Å². The molecule has 1 aliphatic rings. The van der Waals surface area contributed by atoms with Gasteiger partial charge in [0.2, 0.25) is 0 Å². The van der Waals surface area contributed by atoms with E-state index in [-0.39, 0.29) is 10.1 Å². The van der Waals surface area contributed by atoms with Crippen LogP contribution in [0.25, 0.3) is 0 Å². The number of halogens is 1. The Kier molecular flexibility index (Phi) is 4.34. The molecular formula is C11H12FNO2S3. The summed E-state index contributed by atoms with van der Waals surface area (Å²) in [5.74, 6) is 0.994. The van der Waals surface area contributed by atoms with E-state index >= 15 is 0 Å². The van der Waals surface area contributed by atoms with Crippen LogP contribution in [0.5, 0.6) is 0 Å². The van der Waals surface area contributed by atoms with Gasteiger partial charge in [0.1, 0.15) is 4.38 Å². The number of hydrogen-bond acceptors (Lipinski definition) is 5. The fraction of sp³-hybridized carbons (Fsp3) is 0.364. The highest BCUT2D eigenvalue weighted by Gasteiger charge is 2.17. The summed E-state index contributed by atoms with van der Waals surface area (Å²) < 4.78 is 35.6. The summed E-state index contributed by atoms with van der Waals surface area (Å²) in [6.45, 7) is 2.79. The molecule has 0 saturated heterocycles. The molecule has 98 valence electrons. The topological polar surface area (TPSA) is 46.5 Å². The van der Waals surface area contributed by atoms with Crippen LogP contribution in [0.3, 0.4) is 0 Å². The van der Waals surface area contributed by atoms with Crippen molar-refractivity contribution in [3.05, 3.63) is 29.8 Å². The second-order valence-electron chi connectivity index (χ2n) is 3.77. The van der Waals surface area contributed by atoms with Crippen molar-refractivity contribution < 1.29 is 12.3 Å². The van der Waals surface area contributed by atoms with Crippen LogP contribution in [0.4, 0.5) is 3.89 Å². The molecule has 0 aliphatic carbocycles. The van der Waals surface area contributed by atoms with Gasteiger partial charge in [-0.05, 0) is 24.6 Å². The summed E-state index contributed by atoms with van der Waals surface area (Å²) in [4.78, 5) is 4.04. The Bertz CT molecular complexity index is 571. The van der Waals surface area contributed by atoms with Gasteiger partial charge in [-0.3, -0.25) is 4.99 Å². The molecule has 1 atom stereocenters. The predicted octanol–water partition coefficient (Wildman–Crippen LogP) is 3.24. The zero-order valence-corrected chi connectivity index (χ0v) is 12.1. The van der Waals surface area contributed by atoms with E-state index in [4.69, 9.17) is 0 Å². The third kappa shape index (κ3) is 3.49. The molecule has 2 rings (SSSR count). The van der Waals surface area contributed by atoms with Gasteiger partial charge >= 0.3 is 10.2 Å². The smallest absolute Gasteiger partial charge is 0.271 e. The fourth-order valence-corrected chi connectivity index (χ4v) is 4.29. The van der Waals surface area contributed by atoms with Crippen LogP contribution in [0.2, 0.25) is 0 Å². The van der Waals surface area contributed by atoms with Gasteiger partial charge in [0.15, 0.2) is 0 Å². The number of benzene rings is 1. The normalized spacial score (nSPS) is 17.6. The van der Waals surface area contributed by atoms with Gasteiger partial charge in [-0.25, -0.2) is 0 Å². The number of hydrogen-bond donors (Lipinski definition) is 0. The van der Waals surface area contributed by atoms with Crippen LogP contribution in [0, 0.1) is 0 Å². The zero-order chi connectivity index (χ0) is 13.2. The van der Waals surface area contributed by atoms with Crippen molar-refractivity contribution in [2.75, 3.05) is 12.3 Å². The lowest BCUT2D eigenvalue weighted by Crippen LogP contribution is -1.96. The Morgan fingerprint density at radius 3 is 2.89 bits per heavy atom. The maximum atomic E-state index is 12.9. The van der Waals surface area contributed by atoms with Gasteiger partial charge in [-0.1, -0.05) is 35.7 Å². The predicted molar refractivity (Wildman–Crippen MR) is 75.5 cm³/mol. The first-order chi connectivity index (χ1) is 8.47. The number of rotatable bonds is 3. The zero-order valence-electron chi connectivity index (χ0n) is 9.67. The first kappa shape index (κ1) is 13.9. The highest BCUT2D eigenvalue weighted by atomic mass is 32.3. The Morgan fingerprint density at radius 1 is 1.50 bits per heavy atom. The van der Waals surface area contributed by atoms with Crippen molar-refractivity contribution >= 4 is 38.1 Å². The Labute approximate surface area is 114 Å². The molecule has 0 saturated carbocycles.